The van der Waals surface area contributed by atoms with Crippen molar-refractivity contribution in [3.05, 3.63) is 35.9 Å². The minimum atomic E-state index is -0.829. The van der Waals surface area contributed by atoms with Crippen LogP contribution in [0.4, 0.5) is 0 Å². The van der Waals surface area contributed by atoms with Crippen molar-refractivity contribution in [2.75, 3.05) is 6.54 Å². The molecule has 1 fully saturated rings. The number of carbonyl (C=O) groups is 2. The average Bonchev–Trinajstić information content (AvgIpc) is 2.73. The van der Waals surface area contributed by atoms with E-state index in [2.05, 4.69) is 5.32 Å². The first-order valence-corrected chi connectivity index (χ1v) is 6.20. The van der Waals surface area contributed by atoms with Crippen LogP contribution in [0.1, 0.15) is 31.7 Å². The fourth-order valence-electron chi connectivity index (χ4n) is 2.18. The zero-order valence-corrected chi connectivity index (χ0v) is 10.4. The van der Waals surface area contributed by atoms with E-state index in [0.717, 1.165) is 12.0 Å². The van der Waals surface area contributed by atoms with Crippen molar-refractivity contribution < 1.29 is 14.3 Å². The lowest BCUT2D eigenvalue weighted by atomic mass is 9.92. The second kappa shape index (κ2) is 5.21. The second-order valence-corrected chi connectivity index (χ2v) is 4.54. The van der Waals surface area contributed by atoms with E-state index in [4.69, 9.17) is 4.74 Å². The molecule has 0 spiro atoms. The highest BCUT2D eigenvalue weighted by Crippen LogP contribution is 2.33. The molecule has 1 aromatic rings. The molecule has 4 heteroatoms. The van der Waals surface area contributed by atoms with E-state index < -0.39 is 5.60 Å². The number of esters is 1. The van der Waals surface area contributed by atoms with Gasteiger partial charge < -0.3 is 10.1 Å². The van der Waals surface area contributed by atoms with Crippen LogP contribution in [0.2, 0.25) is 0 Å². The van der Waals surface area contributed by atoms with Crippen LogP contribution in [-0.4, -0.2) is 18.4 Å². The molecule has 1 amide bonds. The lowest BCUT2D eigenvalue weighted by molar-refractivity contribution is -0.159. The molecule has 18 heavy (non-hydrogen) atoms. The molecule has 1 unspecified atom stereocenters. The average molecular weight is 247 g/mol. The third kappa shape index (κ3) is 2.53. The van der Waals surface area contributed by atoms with Crippen molar-refractivity contribution in [3.63, 3.8) is 0 Å². The molecule has 1 saturated heterocycles. The van der Waals surface area contributed by atoms with Crippen molar-refractivity contribution in [1.29, 1.82) is 0 Å². The quantitative estimate of drug-likeness (QED) is 0.825. The SMILES string of the molecule is CCCC(=O)OC1(c2ccccc2)CNC(=O)C1. The molecule has 1 aromatic carbocycles. The Hall–Kier alpha value is -1.84. The molecule has 4 nitrogen and oxygen atoms in total. The maximum Gasteiger partial charge on any atom is 0.306 e. The first-order chi connectivity index (χ1) is 8.66. The molecule has 1 heterocycles. The number of rotatable bonds is 4. The lowest BCUT2D eigenvalue weighted by Crippen LogP contribution is -2.34. The van der Waals surface area contributed by atoms with Gasteiger partial charge in [-0.1, -0.05) is 37.3 Å². The van der Waals surface area contributed by atoms with E-state index in [-0.39, 0.29) is 18.3 Å². The molecule has 0 bridgehead atoms. The van der Waals surface area contributed by atoms with Crippen molar-refractivity contribution in [1.82, 2.24) is 5.32 Å². The van der Waals surface area contributed by atoms with E-state index in [0.29, 0.717) is 13.0 Å². The van der Waals surface area contributed by atoms with Gasteiger partial charge in [-0.05, 0) is 12.0 Å². The van der Waals surface area contributed by atoms with Gasteiger partial charge in [-0.3, -0.25) is 9.59 Å². The van der Waals surface area contributed by atoms with Crippen LogP contribution in [0.15, 0.2) is 30.3 Å². The number of nitrogens with one attached hydrogen (secondary N) is 1. The zero-order chi connectivity index (χ0) is 13.0. The summed E-state index contributed by atoms with van der Waals surface area (Å²) in [6, 6.07) is 9.44. The van der Waals surface area contributed by atoms with Crippen molar-refractivity contribution in [2.45, 2.75) is 31.8 Å². The molecule has 2 rings (SSSR count). The Kier molecular flexibility index (Phi) is 3.65. The third-order valence-corrected chi connectivity index (χ3v) is 3.08. The van der Waals surface area contributed by atoms with E-state index in [9.17, 15) is 9.59 Å². The van der Waals surface area contributed by atoms with Gasteiger partial charge in [0.25, 0.3) is 0 Å². The topological polar surface area (TPSA) is 55.4 Å². The number of hydrogen-bond donors (Lipinski definition) is 1. The normalized spacial score (nSPS) is 22.6. The Labute approximate surface area is 106 Å². The van der Waals surface area contributed by atoms with Gasteiger partial charge in [0, 0.05) is 6.42 Å². The molecule has 0 radical (unpaired) electrons. The smallest absolute Gasteiger partial charge is 0.306 e. The number of carbonyl (C=O) groups excluding carboxylic acids is 2. The number of ether oxygens (including phenoxy) is 1. The first-order valence-electron chi connectivity index (χ1n) is 6.20. The van der Waals surface area contributed by atoms with E-state index >= 15 is 0 Å². The fraction of sp³-hybridized carbons (Fsp3) is 0.429. The Morgan fingerprint density at radius 2 is 2.11 bits per heavy atom. The maximum absolute atomic E-state index is 11.7. The van der Waals surface area contributed by atoms with Gasteiger partial charge >= 0.3 is 5.97 Å². The van der Waals surface area contributed by atoms with Gasteiger partial charge in [0.1, 0.15) is 0 Å². The van der Waals surface area contributed by atoms with Gasteiger partial charge in [-0.15, -0.1) is 0 Å². The Morgan fingerprint density at radius 1 is 1.39 bits per heavy atom. The highest BCUT2D eigenvalue weighted by atomic mass is 16.6. The van der Waals surface area contributed by atoms with Gasteiger partial charge in [-0.2, -0.15) is 0 Å². The molecule has 0 aromatic heterocycles. The predicted octanol–water partition coefficient (Wildman–Crippen LogP) is 1.75. The van der Waals surface area contributed by atoms with Crippen LogP contribution < -0.4 is 5.32 Å². The number of hydrogen-bond acceptors (Lipinski definition) is 3. The molecule has 1 aliphatic rings. The van der Waals surface area contributed by atoms with Crippen LogP contribution in [-0.2, 0) is 19.9 Å². The van der Waals surface area contributed by atoms with Crippen LogP contribution >= 0.6 is 0 Å². The molecule has 1 N–H and O–H groups in total. The van der Waals surface area contributed by atoms with Crippen molar-refractivity contribution >= 4 is 11.9 Å². The van der Waals surface area contributed by atoms with Crippen LogP contribution in [0, 0.1) is 0 Å². The summed E-state index contributed by atoms with van der Waals surface area (Å²) in [6.45, 7) is 2.28. The highest BCUT2D eigenvalue weighted by molar-refractivity contribution is 5.81. The molecule has 0 saturated carbocycles. The minimum Gasteiger partial charge on any atom is -0.452 e. The lowest BCUT2D eigenvalue weighted by Gasteiger charge is -2.27. The molecule has 1 aliphatic heterocycles. The van der Waals surface area contributed by atoms with Crippen molar-refractivity contribution in [3.8, 4) is 0 Å². The monoisotopic (exact) mass is 247 g/mol. The van der Waals surface area contributed by atoms with Gasteiger partial charge in [0.15, 0.2) is 5.60 Å². The Morgan fingerprint density at radius 3 is 2.67 bits per heavy atom. The van der Waals surface area contributed by atoms with Gasteiger partial charge in [0.2, 0.25) is 5.91 Å². The highest BCUT2D eigenvalue weighted by Gasteiger charge is 2.43. The summed E-state index contributed by atoms with van der Waals surface area (Å²) in [4.78, 5) is 23.2. The minimum absolute atomic E-state index is 0.0804. The summed E-state index contributed by atoms with van der Waals surface area (Å²) in [6.07, 6.45) is 1.32. The maximum atomic E-state index is 11.7. The van der Waals surface area contributed by atoms with Crippen LogP contribution in [0.5, 0.6) is 0 Å². The molecule has 96 valence electrons. The second-order valence-electron chi connectivity index (χ2n) is 4.54. The molecule has 1 atom stereocenters. The van der Waals surface area contributed by atoms with Crippen LogP contribution in [0.3, 0.4) is 0 Å². The van der Waals surface area contributed by atoms with Crippen LogP contribution in [0.25, 0.3) is 0 Å². The summed E-state index contributed by atoms with van der Waals surface area (Å²) in [5.74, 6) is -0.332. The summed E-state index contributed by atoms with van der Waals surface area (Å²) in [5.41, 5.74) is 0.0396. The molecular weight excluding hydrogens is 230 g/mol. The number of benzene rings is 1. The van der Waals surface area contributed by atoms with E-state index in [1.54, 1.807) is 0 Å². The van der Waals surface area contributed by atoms with E-state index in [1.807, 2.05) is 37.3 Å². The van der Waals surface area contributed by atoms with Gasteiger partial charge in [-0.25, -0.2) is 0 Å². The number of amides is 1. The first kappa shape index (κ1) is 12.6. The van der Waals surface area contributed by atoms with Gasteiger partial charge in [0.05, 0.1) is 13.0 Å². The zero-order valence-electron chi connectivity index (χ0n) is 10.4. The largest absolute Gasteiger partial charge is 0.452 e. The fourth-order valence-corrected chi connectivity index (χ4v) is 2.18. The summed E-state index contributed by atoms with van der Waals surface area (Å²) >= 11 is 0. The Balaban J connectivity index is 2.25. The Bertz CT molecular complexity index is 444. The molecular formula is C14H17NO3. The summed E-state index contributed by atoms with van der Waals surface area (Å²) in [7, 11) is 0. The standard InChI is InChI=1S/C14H17NO3/c1-2-6-13(17)18-14(9-12(16)15-10-14)11-7-4-3-5-8-11/h3-5,7-8H,2,6,9-10H2,1H3,(H,15,16). The third-order valence-electron chi connectivity index (χ3n) is 3.08. The predicted molar refractivity (Wildman–Crippen MR) is 66.7 cm³/mol. The summed E-state index contributed by atoms with van der Waals surface area (Å²) in [5, 5.41) is 2.74. The summed E-state index contributed by atoms with van der Waals surface area (Å²) < 4.78 is 5.57. The molecule has 0 aliphatic carbocycles. The van der Waals surface area contributed by atoms with Crippen molar-refractivity contribution in [2.24, 2.45) is 0 Å². The van der Waals surface area contributed by atoms with E-state index in [1.165, 1.54) is 0 Å².